The summed E-state index contributed by atoms with van der Waals surface area (Å²) >= 11 is 1.47. The van der Waals surface area contributed by atoms with Crippen LogP contribution in [0, 0.1) is 6.92 Å². The van der Waals surface area contributed by atoms with Gasteiger partial charge in [0.05, 0.1) is 16.4 Å². The second-order valence-electron chi connectivity index (χ2n) is 7.58. The van der Waals surface area contributed by atoms with Crippen LogP contribution in [-0.2, 0) is 22.6 Å². The average Bonchev–Trinajstić information content (AvgIpc) is 3.31. The van der Waals surface area contributed by atoms with Gasteiger partial charge in [-0.1, -0.05) is 6.07 Å². The first-order chi connectivity index (χ1) is 15.1. The molecule has 1 saturated heterocycles. The highest BCUT2D eigenvalue weighted by atomic mass is 32.2. The Bertz CT molecular complexity index is 1230. The molecule has 1 fully saturated rings. The van der Waals surface area contributed by atoms with E-state index in [1.807, 2.05) is 13.0 Å². The van der Waals surface area contributed by atoms with E-state index in [4.69, 9.17) is 0 Å². The van der Waals surface area contributed by atoms with Crippen LogP contribution in [0.3, 0.4) is 0 Å². The number of nitrogens with zero attached hydrogens (tertiary/aromatic N) is 3. The molecular weight excluding hydrogens is 463 g/mol. The standard InChI is InChI=1S/C20H20F3N5O2S2/c1-12-6-13(8-15(7-12)27-19-24-4-2-17(28-19)20(21,22)23)16-9-26-18(31-16)10-25-14-3-5-32(29,30)11-14/h2,4,6-9,14,25H,3,5,10-11H2,1H3,(H,24,27,28). The SMILES string of the molecule is Cc1cc(Nc2nccc(C(F)(F)F)n2)cc(-c2cnc(CNC3CCS(=O)(=O)C3)s2)c1. The third-order valence-electron chi connectivity index (χ3n) is 4.89. The fraction of sp³-hybridized carbons (Fsp3) is 0.350. The van der Waals surface area contributed by atoms with Crippen LogP contribution in [-0.4, -0.2) is 40.9 Å². The largest absolute Gasteiger partial charge is 0.433 e. The van der Waals surface area contributed by atoms with Gasteiger partial charge in [-0.05, 0) is 42.7 Å². The minimum absolute atomic E-state index is 0.0606. The van der Waals surface area contributed by atoms with E-state index >= 15 is 0 Å². The number of rotatable bonds is 6. The Kier molecular flexibility index (Phi) is 6.19. The normalized spacial score (nSPS) is 18.1. The number of benzene rings is 1. The smallest absolute Gasteiger partial charge is 0.324 e. The molecule has 0 amide bonds. The molecule has 0 aliphatic carbocycles. The average molecular weight is 484 g/mol. The molecule has 7 nitrogen and oxygen atoms in total. The Hall–Kier alpha value is -2.57. The lowest BCUT2D eigenvalue weighted by Gasteiger charge is -2.10. The Morgan fingerprint density at radius 1 is 1.22 bits per heavy atom. The van der Waals surface area contributed by atoms with Crippen LogP contribution >= 0.6 is 11.3 Å². The van der Waals surface area contributed by atoms with Crippen molar-refractivity contribution in [2.24, 2.45) is 0 Å². The molecule has 2 N–H and O–H groups in total. The van der Waals surface area contributed by atoms with Crippen molar-refractivity contribution in [3.05, 3.63) is 52.9 Å². The van der Waals surface area contributed by atoms with E-state index in [0.717, 1.165) is 33.3 Å². The lowest BCUT2D eigenvalue weighted by Crippen LogP contribution is -2.29. The van der Waals surface area contributed by atoms with Crippen LogP contribution in [0.4, 0.5) is 24.8 Å². The van der Waals surface area contributed by atoms with Gasteiger partial charge >= 0.3 is 6.18 Å². The monoisotopic (exact) mass is 483 g/mol. The van der Waals surface area contributed by atoms with Crippen molar-refractivity contribution < 1.29 is 21.6 Å². The zero-order valence-corrected chi connectivity index (χ0v) is 18.6. The quantitative estimate of drug-likeness (QED) is 0.548. The maximum absolute atomic E-state index is 12.9. The maximum Gasteiger partial charge on any atom is 0.433 e. The molecule has 1 aromatic carbocycles. The highest BCUT2D eigenvalue weighted by Crippen LogP contribution is 2.31. The molecule has 12 heteroatoms. The van der Waals surface area contributed by atoms with Crippen LogP contribution in [0.25, 0.3) is 10.4 Å². The Labute approximate surface area is 187 Å². The number of hydrogen-bond acceptors (Lipinski definition) is 8. The van der Waals surface area contributed by atoms with Crippen molar-refractivity contribution in [1.82, 2.24) is 20.3 Å². The molecule has 0 radical (unpaired) electrons. The topological polar surface area (TPSA) is 96.9 Å². The van der Waals surface area contributed by atoms with Crippen molar-refractivity contribution in [1.29, 1.82) is 0 Å². The summed E-state index contributed by atoms with van der Waals surface area (Å²) in [6.45, 7) is 2.35. The van der Waals surface area contributed by atoms with E-state index < -0.39 is 21.7 Å². The molecule has 0 saturated carbocycles. The molecule has 3 heterocycles. The van der Waals surface area contributed by atoms with Gasteiger partial charge in [-0.3, -0.25) is 0 Å². The van der Waals surface area contributed by atoms with Crippen molar-refractivity contribution in [2.75, 3.05) is 16.8 Å². The van der Waals surface area contributed by atoms with Gasteiger partial charge in [0, 0.05) is 30.7 Å². The number of anilines is 2. The minimum Gasteiger partial charge on any atom is -0.324 e. The Balaban J connectivity index is 1.47. The van der Waals surface area contributed by atoms with Crippen LogP contribution in [0.15, 0.2) is 36.7 Å². The third-order valence-corrected chi connectivity index (χ3v) is 7.71. The molecule has 1 atom stereocenters. The van der Waals surface area contributed by atoms with E-state index in [2.05, 4.69) is 25.6 Å². The molecule has 1 unspecified atom stereocenters. The summed E-state index contributed by atoms with van der Waals surface area (Å²) in [7, 11) is -2.94. The second-order valence-corrected chi connectivity index (χ2v) is 10.9. The molecule has 1 aliphatic rings. The van der Waals surface area contributed by atoms with E-state index in [1.165, 1.54) is 11.3 Å². The van der Waals surface area contributed by atoms with Gasteiger partial charge in [0.2, 0.25) is 5.95 Å². The van der Waals surface area contributed by atoms with Crippen LogP contribution in [0.2, 0.25) is 0 Å². The molecule has 3 aromatic rings. The van der Waals surface area contributed by atoms with E-state index in [9.17, 15) is 21.6 Å². The number of hydrogen-bond donors (Lipinski definition) is 2. The fourth-order valence-corrected chi connectivity index (χ4v) is 5.98. The van der Waals surface area contributed by atoms with Crippen molar-refractivity contribution in [3.63, 3.8) is 0 Å². The summed E-state index contributed by atoms with van der Waals surface area (Å²) in [5.74, 6) is 0.218. The number of sulfone groups is 1. The predicted molar refractivity (Wildman–Crippen MR) is 117 cm³/mol. The Morgan fingerprint density at radius 2 is 2.03 bits per heavy atom. The summed E-state index contributed by atoms with van der Waals surface area (Å²) in [4.78, 5) is 12.7. The van der Waals surface area contributed by atoms with Crippen LogP contribution < -0.4 is 10.6 Å². The fourth-order valence-electron chi connectivity index (χ4n) is 3.42. The minimum atomic E-state index is -4.55. The summed E-state index contributed by atoms with van der Waals surface area (Å²) < 4.78 is 61.9. The molecule has 4 rings (SSSR count). The van der Waals surface area contributed by atoms with Crippen molar-refractivity contribution >= 4 is 32.8 Å². The first-order valence-corrected chi connectivity index (χ1v) is 12.4. The highest BCUT2D eigenvalue weighted by Gasteiger charge is 2.32. The zero-order valence-electron chi connectivity index (χ0n) is 17.0. The molecule has 1 aliphatic heterocycles. The predicted octanol–water partition coefficient (Wildman–Crippen LogP) is 3.95. The van der Waals surface area contributed by atoms with Gasteiger partial charge in [0.1, 0.15) is 10.7 Å². The molecule has 170 valence electrons. The van der Waals surface area contributed by atoms with Gasteiger partial charge in [-0.2, -0.15) is 13.2 Å². The first-order valence-electron chi connectivity index (χ1n) is 9.75. The van der Waals surface area contributed by atoms with Crippen molar-refractivity contribution in [3.8, 4) is 10.4 Å². The van der Waals surface area contributed by atoms with Gasteiger partial charge in [0.15, 0.2) is 9.84 Å². The van der Waals surface area contributed by atoms with Crippen molar-refractivity contribution in [2.45, 2.75) is 32.1 Å². The van der Waals surface area contributed by atoms with Crippen LogP contribution in [0.5, 0.6) is 0 Å². The zero-order chi connectivity index (χ0) is 22.9. The molecule has 0 bridgehead atoms. The lowest BCUT2D eigenvalue weighted by molar-refractivity contribution is -0.141. The number of halogens is 3. The van der Waals surface area contributed by atoms with E-state index in [1.54, 1.807) is 18.3 Å². The van der Waals surface area contributed by atoms with Gasteiger partial charge in [0.25, 0.3) is 0 Å². The second kappa shape index (κ2) is 8.75. The number of nitrogens with one attached hydrogen (secondary N) is 2. The molecular formula is C20H20F3N5O2S2. The maximum atomic E-state index is 12.9. The summed E-state index contributed by atoms with van der Waals surface area (Å²) in [6, 6.07) is 6.30. The lowest BCUT2D eigenvalue weighted by atomic mass is 10.1. The number of alkyl halides is 3. The summed E-state index contributed by atoms with van der Waals surface area (Å²) in [6.07, 6.45) is -1.16. The van der Waals surface area contributed by atoms with Gasteiger partial charge in [-0.25, -0.2) is 23.4 Å². The van der Waals surface area contributed by atoms with E-state index in [0.29, 0.717) is 18.7 Å². The van der Waals surface area contributed by atoms with Crippen LogP contribution in [0.1, 0.15) is 22.7 Å². The number of thiazole rings is 1. The third kappa shape index (κ3) is 5.61. The molecule has 32 heavy (non-hydrogen) atoms. The van der Waals surface area contributed by atoms with E-state index in [-0.39, 0.29) is 23.5 Å². The molecule has 0 spiro atoms. The summed E-state index contributed by atoms with van der Waals surface area (Å²) in [5, 5.41) is 6.90. The highest BCUT2D eigenvalue weighted by molar-refractivity contribution is 7.91. The Morgan fingerprint density at radius 3 is 2.75 bits per heavy atom. The number of aromatic nitrogens is 3. The van der Waals surface area contributed by atoms with Gasteiger partial charge in [-0.15, -0.1) is 11.3 Å². The first kappa shape index (κ1) is 22.6. The number of aryl methyl sites for hydroxylation is 1. The van der Waals surface area contributed by atoms with Gasteiger partial charge < -0.3 is 10.6 Å². The summed E-state index contributed by atoms with van der Waals surface area (Å²) in [5.41, 5.74) is 1.30. The molecule has 2 aromatic heterocycles.